The van der Waals surface area contributed by atoms with Crippen LogP contribution in [0.25, 0.3) is 0 Å². The summed E-state index contributed by atoms with van der Waals surface area (Å²) in [6.07, 6.45) is -2.67. The summed E-state index contributed by atoms with van der Waals surface area (Å²) in [6, 6.07) is 2.78. The first-order chi connectivity index (χ1) is 8.40. The Kier molecular flexibility index (Phi) is 4.85. The number of hydrogen-bond acceptors (Lipinski definition) is 2. The van der Waals surface area contributed by atoms with Gasteiger partial charge < -0.3 is 15.7 Å². The number of halogens is 3. The number of rotatable bonds is 4. The fraction of sp³-hybridized carbons (Fsp3) is 0.200. The summed E-state index contributed by atoms with van der Waals surface area (Å²) in [5.41, 5.74) is -0.0492. The molecule has 1 aromatic carbocycles. The highest BCUT2D eigenvalue weighted by molar-refractivity contribution is 6.33. The Morgan fingerprint density at radius 2 is 2.06 bits per heavy atom. The summed E-state index contributed by atoms with van der Waals surface area (Å²) < 4.78 is 23.7. The average Bonchev–Trinajstić information content (AvgIpc) is 2.29. The lowest BCUT2D eigenvalue weighted by molar-refractivity contribution is 0.0697. The van der Waals surface area contributed by atoms with Gasteiger partial charge >= 0.3 is 12.0 Å². The molecule has 3 N–H and O–H groups in total. The van der Waals surface area contributed by atoms with Crippen molar-refractivity contribution in [2.75, 3.05) is 11.9 Å². The normalized spacial score (nSPS) is 10.2. The van der Waals surface area contributed by atoms with Crippen molar-refractivity contribution in [3.63, 3.8) is 0 Å². The monoisotopic (exact) mass is 278 g/mol. The van der Waals surface area contributed by atoms with Crippen LogP contribution in [0.5, 0.6) is 0 Å². The number of benzene rings is 1. The van der Waals surface area contributed by atoms with Crippen LogP contribution < -0.4 is 10.6 Å². The van der Waals surface area contributed by atoms with Gasteiger partial charge in [0.25, 0.3) is 6.43 Å². The first-order valence-corrected chi connectivity index (χ1v) is 5.14. The minimum atomic E-state index is -2.67. The van der Waals surface area contributed by atoms with Gasteiger partial charge in [-0.05, 0) is 18.2 Å². The molecule has 0 fully saturated rings. The molecule has 0 radical (unpaired) electrons. The first-order valence-electron chi connectivity index (χ1n) is 4.76. The van der Waals surface area contributed by atoms with Crippen molar-refractivity contribution in [2.24, 2.45) is 0 Å². The molecule has 0 aliphatic rings. The second-order valence-corrected chi connectivity index (χ2v) is 3.63. The number of amides is 2. The Balaban J connectivity index is 2.74. The molecule has 0 saturated carbocycles. The van der Waals surface area contributed by atoms with E-state index in [9.17, 15) is 18.4 Å². The third-order valence-corrected chi connectivity index (χ3v) is 2.21. The zero-order chi connectivity index (χ0) is 13.7. The highest BCUT2D eigenvalue weighted by Gasteiger charge is 2.11. The number of hydrogen-bond donors (Lipinski definition) is 3. The quantitative estimate of drug-likeness (QED) is 0.791. The van der Waals surface area contributed by atoms with Gasteiger partial charge in [-0.3, -0.25) is 0 Å². The smallest absolute Gasteiger partial charge is 0.335 e. The van der Waals surface area contributed by atoms with E-state index in [1.54, 1.807) is 0 Å². The van der Waals surface area contributed by atoms with Crippen molar-refractivity contribution in [1.29, 1.82) is 0 Å². The maximum atomic E-state index is 11.8. The van der Waals surface area contributed by atoms with Crippen LogP contribution >= 0.6 is 11.6 Å². The van der Waals surface area contributed by atoms with Gasteiger partial charge in [-0.1, -0.05) is 11.6 Å². The van der Waals surface area contributed by atoms with E-state index in [-0.39, 0.29) is 16.3 Å². The van der Waals surface area contributed by atoms with Crippen LogP contribution in [0.4, 0.5) is 19.3 Å². The predicted molar refractivity (Wildman–Crippen MR) is 61.4 cm³/mol. The summed E-state index contributed by atoms with van der Waals surface area (Å²) in [6.45, 7) is -0.803. The molecule has 5 nitrogen and oxygen atoms in total. The van der Waals surface area contributed by atoms with Crippen molar-refractivity contribution in [1.82, 2.24) is 5.32 Å². The summed E-state index contributed by atoms with van der Waals surface area (Å²) in [7, 11) is 0. The molecule has 0 saturated heterocycles. The maximum Gasteiger partial charge on any atom is 0.335 e. The zero-order valence-corrected chi connectivity index (χ0v) is 9.67. The molecule has 0 atom stereocenters. The van der Waals surface area contributed by atoms with E-state index in [0.29, 0.717) is 0 Å². The lowest BCUT2D eigenvalue weighted by Crippen LogP contribution is -2.32. The minimum Gasteiger partial charge on any atom is -0.478 e. The van der Waals surface area contributed by atoms with Gasteiger partial charge in [0, 0.05) is 0 Å². The summed E-state index contributed by atoms with van der Waals surface area (Å²) in [4.78, 5) is 21.9. The van der Waals surface area contributed by atoms with Gasteiger partial charge in [0.1, 0.15) is 0 Å². The molecule has 1 rings (SSSR count). The molecule has 0 aromatic heterocycles. The maximum absolute atomic E-state index is 11.8. The number of aromatic carboxylic acids is 1. The lowest BCUT2D eigenvalue weighted by Gasteiger charge is -2.09. The Bertz CT molecular complexity index is 468. The Morgan fingerprint density at radius 1 is 1.39 bits per heavy atom. The van der Waals surface area contributed by atoms with Crippen molar-refractivity contribution < 1.29 is 23.5 Å². The number of carbonyl (C=O) groups excluding carboxylic acids is 1. The van der Waals surface area contributed by atoms with E-state index in [2.05, 4.69) is 5.32 Å². The molecule has 0 heterocycles. The molecule has 0 aliphatic heterocycles. The number of nitrogens with one attached hydrogen (secondary N) is 2. The van der Waals surface area contributed by atoms with E-state index < -0.39 is 25.0 Å². The van der Waals surface area contributed by atoms with E-state index in [4.69, 9.17) is 16.7 Å². The largest absolute Gasteiger partial charge is 0.478 e. The van der Waals surface area contributed by atoms with Gasteiger partial charge in [-0.15, -0.1) is 0 Å². The fourth-order valence-corrected chi connectivity index (χ4v) is 1.26. The van der Waals surface area contributed by atoms with Crippen LogP contribution in [0.15, 0.2) is 18.2 Å². The molecule has 1 aromatic rings. The summed E-state index contributed by atoms with van der Waals surface area (Å²) in [5.74, 6) is -1.19. The highest BCUT2D eigenvalue weighted by atomic mass is 35.5. The molecule has 0 aliphatic carbocycles. The van der Waals surface area contributed by atoms with Gasteiger partial charge in [-0.25, -0.2) is 18.4 Å². The lowest BCUT2D eigenvalue weighted by atomic mass is 10.2. The van der Waals surface area contributed by atoms with Crippen LogP contribution in [-0.4, -0.2) is 30.1 Å². The SMILES string of the molecule is O=C(NCC(F)F)Nc1cc(C(=O)O)ccc1Cl. The second kappa shape index (κ2) is 6.15. The molecular weight excluding hydrogens is 270 g/mol. The zero-order valence-electron chi connectivity index (χ0n) is 8.91. The van der Waals surface area contributed by atoms with Crippen LogP contribution in [0.2, 0.25) is 5.02 Å². The first kappa shape index (κ1) is 14.2. The predicted octanol–water partition coefficient (Wildman–Crippen LogP) is 2.42. The van der Waals surface area contributed by atoms with Crippen molar-refractivity contribution >= 4 is 29.3 Å². The van der Waals surface area contributed by atoms with Crippen molar-refractivity contribution in [3.8, 4) is 0 Å². The molecule has 2 amide bonds. The van der Waals surface area contributed by atoms with Gasteiger partial charge in [0.15, 0.2) is 0 Å². The van der Waals surface area contributed by atoms with Gasteiger partial charge in [0.2, 0.25) is 0 Å². The third kappa shape index (κ3) is 4.17. The molecule has 18 heavy (non-hydrogen) atoms. The topological polar surface area (TPSA) is 78.4 Å². The van der Waals surface area contributed by atoms with Crippen LogP contribution in [0.3, 0.4) is 0 Å². The van der Waals surface area contributed by atoms with E-state index in [1.807, 2.05) is 5.32 Å². The Hall–Kier alpha value is -1.89. The van der Waals surface area contributed by atoms with Crippen molar-refractivity contribution in [3.05, 3.63) is 28.8 Å². The molecule has 8 heteroatoms. The second-order valence-electron chi connectivity index (χ2n) is 3.23. The number of anilines is 1. The number of urea groups is 1. The highest BCUT2D eigenvalue weighted by Crippen LogP contribution is 2.22. The minimum absolute atomic E-state index is 0.0309. The van der Waals surface area contributed by atoms with Gasteiger partial charge in [0.05, 0.1) is 22.8 Å². The third-order valence-electron chi connectivity index (χ3n) is 1.88. The van der Waals surface area contributed by atoms with E-state index in [0.717, 1.165) is 6.07 Å². The average molecular weight is 279 g/mol. The fourth-order valence-electron chi connectivity index (χ4n) is 1.09. The molecular formula is C10H9ClF2N2O3. The number of alkyl halides is 2. The Morgan fingerprint density at radius 3 is 2.61 bits per heavy atom. The number of carboxylic acid groups (broad SMARTS) is 1. The molecule has 98 valence electrons. The molecule has 0 spiro atoms. The van der Waals surface area contributed by atoms with Crippen molar-refractivity contribution in [2.45, 2.75) is 6.43 Å². The molecule has 0 bridgehead atoms. The van der Waals surface area contributed by atoms with Crippen LogP contribution in [0.1, 0.15) is 10.4 Å². The van der Waals surface area contributed by atoms with E-state index >= 15 is 0 Å². The van der Waals surface area contributed by atoms with Crippen LogP contribution in [0, 0.1) is 0 Å². The summed E-state index contributed by atoms with van der Waals surface area (Å²) in [5, 5.41) is 12.9. The number of carboxylic acids is 1. The van der Waals surface area contributed by atoms with Gasteiger partial charge in [-0.2, -0.15) is 0 Å². The molecule has 0 unspecified atom stereocenters. The summed E-state index contributed by atoms with van der Waals surface area (Å²) >= 11 is 5.72. The van der Waals surface area contributed by atoms with Crippen LogP contribution in [-0.2, 0) is 0 Å². The standard InChI is InChI=1S/C10H9ClF2N2O3/c11-6-2-1-5(9(16)17)3-7(6)15-10(18)14-4-8(12)13/h1-3,8H,4H2,(H,16,17)(H2,14,15,18). The van der Waals surface area contributed by atoms with E-state index in [1.165, 1.54) is 12.1 Å². The Labute approximate surface area is 106 Å². The number of carbonyl (C=O) groups is 2.